The van der Waals surface area contributed by atoms with Crippen LogP contribution in [0.2, 0.25) is 5.15 Å². The molecular formula is C14H21ClN4O2. The van der Waals surface area contributed by atoms with Crippen molar-refractivity contribution in [3.63, 3.8) is 0 Å². The molecule has 0 radical (unpaired) electrons. The number of carbonyl (C=O) groups excluding carboxylic acids is 1. The average Bonchev–Trinajstić information content (AvgIpc) is 2.85. The zero-order valence-corrected chi connectivity index (χ0v) is 13.6. The summed E-state index contributed by atoms with van der Waals surface area (Å²) in [6.07, 6.45) is 3.77. The van der Waals surface area contributed by atoms with Gasteiger partial charge in [0.15, 0.2) is 0 Å². The molecule has 6 nitrogen and oxygen atoms in total. The molecule has 1 aromatic rings. The maximum Gasteiger partial charge on any atom is 0.410 e. The Balaban J connectivity index is 1.97. The summed E-state index contributed by atoms with van der Waals surface area (Å²) >= 11 is 5.86. The Morgan fingerprint density at radius 2 is 2.19 bits per heavy atom. The zero-order chi connectivity index (χ0) is 15.6. The third-order valence-corrected chi connectivity index (χ3v) is 3.50. The summed E-state index contributed by atoms with van der Waals surface area (Å²) in [4.78, 5) is 24.1. The van der Waals surface area contributed by atoms with E-state index in [0.29, 0.717) is 24.1 Å². The molecule has 0 bridgehead atoms. The topological polar surface area (TPSA) is 58.6 Å². The molecule has 0 aliphatic carbocycles. The second-order valence-electron chi connectivity index (χ2n) is 6.18. The fraction of sp³-hybridized carbons (Fsp3) is 0.643. The molecule has 2 rings (SSSR count). The Kier molecular flexibility index (Phi) is 4.56. The first-order chi connectivity index (χ1) is 9.76. The van der Waals surface area contributed by atoms with E-state index in [2.05, 4.69) is 9.97 Å². The van der Waals surface area contributed by atoms with Crippen LogP contribution >= 0.6 is 11.6 Å². The van der Waals surface area contributed by atoms with Gasteiger partial charge in [0.05, 0.1) is 12.4 Å². The van der Waals surface area contributed by atoms with Crippen molar-refractivity contribution in [2.45, 2.75) is 38.8 Å². The highest BCUT2D eigenvalue weighted by Crippen LogP contribution is 2.22. The first kappa shape index (κ1) is 15.8. The smallest absolute Gasteiger partial charge is 0.410 e. The number of amides is 1. The predicted molar refractivity (Wildman–Crippen MR) is 81.7 cm³/mol. The van der Waals surface area contributed by atoms with Gasteiger partial charge in [0.1, 0.15) is 16.6 Å². The maximum absolute atomic E-state index is 12.1. The first-order valence-corrected chi connectivity index (χ1v) is 7.32. The van der Waals surface area contributed by atoms with E-state index in [1.807, 2.05) is 32.7 Å². The van der Waals surface area contributed by atoms with Crippen molar-refractivity contribution in [2.75, 3.05) is 25.0 Å². The number of ether oxygens (including phenoxy) is 1. The molecule has 21 heavy (non-hydrogen) atoms. The monoisotopic (exact) mass is 312 g/mol. The van der Waals surface area contributed by atoms with Gasteiger partial charge in [-0.25, -0.2) is 9.78 Å². The second kappa shape index (κ2) is 6.05. The molecule has 1 aromatic heterocycles. The molecule has 0 aromatic carbocycles. The largest absolute Gasteiger partial charge is 0.444 e. The number of aromatic nitrogens is 2. The van der Waals surface area contributed by atoms with Crippen LogP contribution in [0.15, 0.2) is 12.4 Å². The molecule has 1 saturated heterocycles. The highest BCUT2D eigenvalue weighted by atomic mass is 35.5. The van der Waals surface area contributed by atoms with Gasteiger partial charge in [0, 0.05) is 26.2 Å². The SMILES string of the molecule is CN(c1cncc(Cl)n1)C1CCN(C(=O)OC(C)(C)C)C1. The fourth-order valence-corrected chi connectivity index (χ4v) is 2.38. The van der Waals surface area contributed by atoms with Gasteiger partial charge in [-0.05, 0) is 27.2 Å². The summed E-state index contributed by atoms with van der Waals surface area (Å²) in [5, 5.41) is 0.362. The van der Waals surface area contributed by atoms with Crippen LogP contribution in [0, 0.1) is 0 Å². The van der Waals surface area contributed by atoms with Gasteiger partial charge in [0.25, 0.3) is 0 Å². The minimum absolute atomic E-state index is 0.185. The Hall–Kier alpha value is -1.56. The lowest BCUT2D eigenvalue weighted by atomic mass is 10.2. The normalized spacial score (nSPS) is 18.7. The number of likely N-dealkylation sites (tertiary alicyclic amines) is 1. The molecule has 1 amide bonds. The van der Waals surface area contributed by atoms with Crippen LogP contribution in [-0.4, -0.2) is 52.7 Å². The number of anilines is 1. The lowest BCUT2D eigenvalue weighted by molar-refractivity contribution is 0.0292. The Morgan fingerprint density at radius 3 is 2.81 bits per heavy atom. The van der Waals surface area contributed by atoms with Crippen molar-refractivity contribution < 1.29 is 9.53 Å². The van der Waals surface area contributed by atoms with Crippen molar-refractivity contribution in [3.05, 3.63) is 17.5 Å². The number of rotatable bonds is 2. The average molecular weight is 313 g/mol. The standard InChI is InChI=1S/C14H21ClN4O2/c1-14(2,3)21-13(20)19-6-5-10(9-19)18(4)12-8-16-7-11(15)17-12/h7-8,10H,5-6,9H2,1-4H3. The van der Waals surface area contributed by atoms with Crippen LogP contribution in [0.25, 0.3) is 0 Å². The quantitative estimate of drug-likeness (QED) is 0.840. The highest BCUT2D eigenvalue weighted by Gasteiger charge is 2.32. The third-order valence-electron chi connectivity index (χ3n) is 3.32. The van der Waals surface area contributed by atoms with Crippen molar-refractivity contribution in [2.24, 2.45) is 0 Å². The first-order valence-electron chi connectivity index (χ1n) is 6.94. The van der Waals surface area contributed by atoms with E-state index in [4.69, 9.17) is 16.3 Å². The van der Waals surface area contributed by atoms with Crippen LogP contribution in [0.1, 0.15) is 27.2 Å². The van der Waals surface area contributed by atoms with E-state index in [0.717, 1.165) is 6.42 Å². The zero-order valence-electron chi connectivity index (χ0n) is 12.8. The fourth-order valence-electron chi connectivity index (χ4n) is 2.24. The van der Waals surface area contributed by atoms with Gasteiger partial charge >= 0.3 is 6.09 Å². The summed E-state index contributed by atoms with van der Waals surface area (Å²) in [5.41, 5.74) is -0.473. The van der Waals surface area contributed by atoms with Crippen molar-refractivity contribution in [1.82, 2.24) is 14.9 Å². The minimum Gasteiger partial charge on any atom is -0.444 e. The molecular weight excluding hydrogens is 292 g/mol. The maximum atomic E-state index is 12.1. The summed E-state index contributed by atoms with van der Waals surface area (Å²) in [6.45, 7) is 6.89. The number of carbonyl (C=O) groups is 1. The Bertz CT molecular complexity index is 518. The van der Waals surface area contributed by atoms with Crippen molar-refractivity contribution in [1.29, 1.82) is 0 Å². The van der Waals surface area contributed by atoms with E-state index >= 15 is 0 Å². The van der Waals surface area contributed by atoms with E-state index in [1.54, 1.807) is 11.1 Å². The molecule has 2 heterocycles. The van der Waals surface area contributed by atoms with Gasteiger partial charge in [-0.3, -0.25) is 4.98 Å². The second-order valence-corrected chi connectivity index (χ2v) is 6.57. The molecule has 1 aliphatic rings. The molecule has 1 atom stereocenters. The Morgan fingerprint density at radius 1 is 1.48 bits per heavy atom. The molecule has 0 N–H and O–H groups in total. The molecule has 116 valence electrons. The summed E-state index contributed by atoms with van der Waals surface area (Å²) in [6, 6.07) is 0.185. The van der Waals surface area contributed by atoms with Crippen LogP contribution < -0.4 is 4.90 Å². The lowest BCUT2D eigenvalue weighted by Gasteiger charge is -2.27. The molecule has 1 unspecified atom stereocenters. The Labute approximate surface area is 130 Å². The lowest BCUT2D eigenvalue weighted by Crippen LogP contribution is -2.39. The molecule has 7 heteroatoms. The van der Waals surface area contributed by atoms with Crippen LogP contribution in [0.5, 0.6) is 0 Å². The molecule has 0 saturated carbocycles. The van der Waals surface area contributed by atoms with E-state index in [1.165, 1.54) is 6.20 Å². The van der Waals surface area contributed by atoms with Crippen molar-refractivity contribution in [3.8, 4) is 0 Å². The molecule has 1 fully saturated rings. The highest BCUT2D eigenvalue weighted by molar-refractivity contribution is 6.29. The van der Waals surface area contributed by atoms with Crippen LogP contribution in [0.3, 0.4) is 0 Å². The number of likely N-dealkylation sites (N-methyl/N-ethyl adjacent to an activating group) is 1. The summed E-state index contributed by atoms with van der Waals surface area (Å²) < 4.78 is 5.39. The molecule has 0 spiro atoms. The third kappa shape index (κ3) is 4.20. The van der Waals surface area contributed by atoms with E-state index in [9.17, 15) is 4.79 Å². The molecule has 1 aliphatic heterocycles. The predicted octanol–water partition coefficient (Wildman–Crippen LogP) is 2.58. The minimum atomic E-state index is -0.473. The van der Waals surface area contributed by atoms with Gasteiger partial charge in [-0.15, -0.1) is 0 Å². The van der Waals surface area contributed by atoms with Gasteiger partial charge in [-0.1, -0.05) is 11.6 Å². The number of halogens is 1. The van der Waals surface area contributed by atoms with Crippen LogP contribution in [-0.2, 0) is 4.74 Å². The summed E-state index contributed by atoms with van der Waals surface area (Å²) in [5.74, 6) is 0.707. The number of hydrogen-bond donors (Lipinski definition) is 0. The number of hydrogen-bond acceptors (Lipinski definition) is 5. The van der Waals surface area contributed by atoms with Gasteiger partial charge < -0.3 is 14.5 Å². The van der Waals surface area contributed by atoms with E-state index in [-0.39, 0.29) is 12.1 Å². The van der Waals surface area contributed by atoms with Crippen molar-refractivity contribution >= 4 is 23.5 Å². The van der Waals surface area contributed by atoms with Crippen LogP contribution in [0.4, 0.5) is 10.6 Å². The van der Waals surface area contributed by atoms with Gasteiger partial charge in [-0.2, -0.15) is 0 Å². The van der Waals surface area contributed by atoms with Gasteiger partial charge in [0.2, 0.25) is 0 Å². The summed E-state index contributed by atoms with van der Waals surface area (Å²) in [7, 11) is 1.93. The number of nitrogens with zero attached hydrogens (tertiary/aromatic N) is 4. The van der Waals surface area contributed by atoms with E-state index < -0.39 is 5.60 Å².